The molecule has 4 N–H and O–H groups in total. The Kier molecular flexibility index (Phi) is 5.82. The van der Waals surface area contributed by atoms with E-state index in [1.54, 1.807) is 0 Å². The third-order valence-corrected chi connectivity index (χ3v) is 3.02. The van der Waals surface area contributed by atoms with Crippen LogP contribution in [0, 0.1) is 5.41 Å². The van der Waals surface area contributed by atoms with E-state index in [9.17, 15) is 5.11 Å². The first-order chi connectivity index (χ1) is 8.56. The van der Waals surface area contributed by atoms with Crippen molar-refractivity contribution in [2.24, 2.45) is 5.73 Å². The van der Waals surface area contributed by atoms with Crippen LogP contribution in [0.15, 0.2) is 30.3 Å². The summed E-state index contributed by atoms with van der Waals surface area (Å²) >= 11 is 0. The molecule has 0 saturated heterocycles. The predicted molar refractivity (Wildman–Crippen MR) is 74.6 cm³/mol. The molecule has 0 saturated carbocycles. The molecule has 0 bridgehead atoms. The van der Waals surface area contributed by atoms with E-state index in [1.165, 1.54) is 0 Å². The zero-order valence-electron chi connectivity index (χ0n) is 11.1. The molecular weight excluding hydrogens is 226 g/mol. The lowest BCUT2D eigenvalue weighted by atomic mass is 10.00. The zero-order chi connectivity index (χ0) is 13.5. The predicted octanol–water partition coefficient (Wildman–Crippen LogP) is 1.76. The Morgan fingerprint density at radius 2 is 1.94 bits per heavy atom. The number of nitrogens with one attached hydrogen (secondary N) is 1. The molecule has 0 aliphatic carbocycles. The smallest absolute Gasteiger partial charge is 0.0924 e. The second-order valence-corrected chi connectivity index (χ2v) is 4.71. The van der Waals surface area contributed by atoms with E-state index in [0.29, 0.717) is 19.0 Å². The fourth-order valence-electron chi connectivity index (χ4n) is 2.20. The van der Waals surface area contributed by atoms with Crippen LogP contribution in [-0.2, 0) is 0 Å². The van der Waals surface area contributed by atoms with Gasteiger partial charge in [0.05, 0.1) is 12.4 Å². The summed E-state index contributed by atoms with van der Waals surface area (Å²) in [7, 11) is 0. The largest absolute Gasteiger partial charge is 0.395 e. The molecule has 4 heteroatoms. The van der Waals surface area contributed by atoms with Crippen molar-refractivity contribution in [3.63, 3.8) is 0 Å². The molecule has 0 fully saturated rings. The number of rotatable bonds is 7. The highest BCUT2D eigenvalue weighted by molar-refractivity contribution is 5.77. The average Bonchev–Trinajstić information content (AvgIpc) is 2.34. The van der Waals surface area contributed by atoms with Crippen molar-refractivity contribution < 1.29 is 5.11 Å². The van der Waals surface area contributed by atoms with Crippen molar-refractivity contribution in [1.82, 2.24) is 4.90 Å². The van der Waals surface area contributed by atoms with Crippen LogP contribution in [0.1, 0.15) is 31.9 Å². The third kappa shape index (κ3) is 4.13. The first-order valence-corrected chi connectivity index (χ1v) is 6.30. The van der Waals surface area contributed by atoms with Gasteiger partial charge >= 0.3 is 0 Å². The Bertz CT molecular complexity index is 365. The van der Waals surface area contributed by atoms with Crippen LogP contribution in [0.4, 0.5) is 0 Å². The van der Waals surface area contributed by atoms with Crippen molar-refractivity contribution >= 4 is 5.84 Å². The number of hydrogen-bond donors (Lipinski definition) is 3. The molecule has 0 heterocycles. The second-order valence-electron chi connectivity index (χ2n) is 4.71. The SMILES string of the molecule is CC(C)N(CCO)C(CC(=N)N)c1ccccc1. The molecule has 0 aromatic heterocycles. The van der Waals surface area contributed by atoms with Gasteiger partial charge in [-0.05, 0) is 19.4 Å². The standard InChI is InChI=1S/C14H23N3O/c1-11(2)17(8-9-18)13(10-14(15)16)12-6-4-3-5-7-12/h3-7,11,13,18H,8-10H2,1-2H3,(H3,15,16). The highest BCUT2D eigenvalue weighted by Crippen LogP contribution is 2.25. The minimum Gasteiger partial charge on any atom is -0.395 e. The Labute approximate surface area is 109 Å². The lowest BCUT2D eigenvalue weighted by Crippen LogP contribution is -2.38. The summed E-state index contributed by atoms with van der Waals surface area (Å²) in [4.78, 5) is 2.18. The normalized spacial score (nSPS) is 12.9. The first kappa shape index (κ1) is 14.7. The van der Waals surface area contributed by atoms with Crippen LogP contribution >= 0.6 is 0 Å². The number of amidine groups is 1. The van der Waals surface area contributed by atoms with Gasteiger partial charge in [0.25, 0.3) is 0 Å². The highest BCUT2D eigenvalue weighted by atomic mass is 16.3. The number of nitrogens with two attached hydrogens (primary N) is 1. The summed E-state index contributed by atoms with van der Waals surface area (Å²) in [6.45, 7) is 4.88. The molecule has 4 nitrogen and oxygen atoms in total. The lowest BCUT2D eigenvalue weighted by Gasteiger charge is -2.34. The number of aliphatic hydroxyl groups is 1. The molecule has 0 aliphatic rings. The summed E-state index contributed by atoms with van der Waals surface area (Å²) < 4.78 is 0. The second kappa shape index (κ2) is 7.13. The summed E-state index contributed by atoms with van der Waals surface area (Å²) in [5.41, 5.74) is 6.69. The number of benzene rings is 1. The minimum atomic E-state index is 0.0517. The van der Waals surface area contributed by atoms with E-state index < -0.39 is 0 Å². The molecule has 0 spiro atoms. The summed E-state index contributed by atoms with van der Waals surface area (Å²) in [6.07, 6.45) is 0.488. The number of nitrogens with zero attached hydrogens (tertiary/aromatic N) is 1. The van der Waals surface area contributed by atoms with Crippen molar-refractivity contribution in [2.75, 3.05) is 13.2 Å². The summed E-state index contributed by atoms with van der Waals surface area (Å²) in [6, 6.07) is 10.4. The third-order valence-electron chi connectivity index (χ3n) is 3.02. The fraction of sp³-hybridized carbons (Fsp3) is 0.500. The Hall–Kier alpha value is -1.39. The van der Waals surface area contributed by atoms with E-state index in [2.05, 4.69) is 18.7 Å². The molecular formula is C14H23N3O. The molecule has 0 radical (unpaired) electrons. The Balaban J connectivity index is 2.99. The van der Waals surface area contributed by atoms with Crippen LogP contribution in [0.5, 0.6) is 0 Å². The van der Waals surface area contributed by atoms with Crippen LogP contribution in [0.2, 0.25) is 0 Å². The quantitative estimate of drug-likeness (QED) is 0.509. The topological polar surface area (TPSA) is 73.3 Å². The van der Waals surface area contributed by atoms with Gasteiger partial charge in [0.15, 0.2) is 0 Å². The maximum absolute atomic E-state index is 9.19. The Morgan fingerprint density at radius 3 is 2.39 bits per heavy atom. The van der Waals surface area contributed by atoms with Gasteiger partial charge in [0, 0.05) is 25.0 Å². The van der Waals surface area contributed by atoms with Crippen molar-refractivity contribution in [2.45, 2.75) is 32.4 Å². The van der Waals surface area contributed by atoms with Crippen molar-refractivity contribution in [1.29, 1.82) is 5.41 Å². The maximum Gasteiger partial charge on any atom is 0.0924 e. The van der Waals surface area contributed by atoms with E-state index in [0.717, 1.165) is 5.56 Å². The molecule has 1 aromatic rings. The van der Waals surface area contributed by atoms with E-state index in [-0.39, 0.29) is 18.5 Å². The average molecular weight is 249 g/mol. The Morgan fingerprint density at radius 1 is 1.33 bits per heavy atom. The van der Waals surface area contributed by atoms with Crippen LogP contribution in [-0.4, -0.2) is 35.0 Å². The number of hydrogen-bond acceptors (Lipinski definition) is 3. The van der Waals surface area contributed by atoms with Gasteiger partial charge in [0.1, 0.15) is 0 Å². The fourth-order valence-corrected chi connectivity index (χ4v) is 2.20. The maximum atomic E-state index is 9.19. The van der Waals surface area contributed by atoms with Gasteiger partial charge in [-0.1, -0.05) is 30.3 Å². The van der Waals surface area contributed by atoms with E-state index in [4.69, 9.17) is 11.1 Å². The molecule has 1 unspecified atom stereocenters. The monoisotopic (exact) mass is 249 g/mol. The minimum absolute atomic E-state index is 0.0517. The first-order valence-electron chi connectivity index (χ1n) is 6.30. The molecule has 100 valence electrons. The molecule has 1 atom stereocenters. The van der Waals surface area contributed by atoms with Crippen LogP contribution < -0.4 is 5.73 Å². The van der Waals surface area contributed by atoms with Gasteiger partial charge in [0.2, 0.25) is 0 Å². The molecule has 1 aromatic carbocycles. The van der Waals surface area contributed by atoms with Gasteiger partial charge in [-0.25, -0.2) is 0 Å². The lowest BCUT2D eigenvalue weighted by molar-refractivity contribution is 0.120. The van der Waals surface area contributed by atoms with E-state index >= 15 is 0 Å². The number of aliphatic hydroxyl groups excluding tert-OH is 1. The van der Waals surface area contributed by atoms with Gasteiger partial charge in [-0.3, -0.25) is 10.3 Å². The molecule has 0 amide bonds. The van der Waals surface area contributed by atoms with Gasteiger partial charge < -0.3 is 10.8 Å². The zero-order valence-corrected chi connectivity index (χ0v) is 11.1. The van der Waals surface area contributed by atoms with Crippen LogP contribution in [0.3, 0.4) is 0 Å². The molecule has 1 rings (SSSR count). The summed E-state index contributed by atoms with van der Waals surface area (Å²) in [5.74, 6) is 0.174. The summed E-state index contributed by atoms with van der Waals surface area (Å²) in [5, 5.41) is 16.7. The molecule has 18 heavy (non-hydrogen) atoms. The van der Waals surface area contributed by atoms with Crippen molar-refractivity contribution in [3.05, 3.63) is 35.9 Å². The molecule has 0 aliphatic heterocycles. The van der Waals surface area contributed by atoms with Crippen molar-refractivity contribution in [3.8, 4) is 0 Å². The highest BCUT2D eigenvalue weighted by Gasteiger charge is 2.23. The van der Waals surface area contributed by atoms with E-state index in [1.807, 2.05) is 30.3 Å². The van der Waals surface area contributed by atoms with Crippen LogP contribution in [0.25, 0.3) is 0 Å². The van der Waals surface area contributed by atoms with Gasteiger partial charge in [-0.15, -0.1) is 0 Å². The van der Waals surface area contributed by atoms with Gasteiger partial charge in [-0.2, -0.15) is 0 Å².